The van der Waals surface area contributed by atoms with Crippen LogP contribution < -0.4 is 10.6 Å². The van der Waals surface area contributed by atoms with Crippen molar-refractivity contribution in [3.8, 4) is 0 Å². The van der Waals surface area contributed by atoms with Crippen LogP contribution in [-0.4, -0.2) is 46.7 Å². The van der Waals surface area contributed by atoms with E-state index in [9.17, 15) is 19.2 Å². The highest BCUT2D eigenvalue weighted by Gasteiger charge is 2.43. The fourth-order valence-corrected chi connectivity index (χ4v) is 3.11. The van der Waals surface area contributed by atoms with Crippen LogP contribution in [0.5, 0.6) is 0 Å². The normalized spacial score (nSPS) is 16.6. The highest BCUT2D eigenvalue weighted by molar-refractivity contribution is 6.22. The Morgan fingerprint density at radius 3 is 1.93 bits per heavy atom. The van der Waals surface area contributed by atoms with Crippen molar-refractivity contribution >= 4 is 23.6 Å². The van der Waals surface area contributed by atoms with Gasteiger partial charge in [0.05, 0.1) is 11.1 Å². The summed E-state index contributed by atoms with van der Waals surface area (Å²) in [6.07, 6.45) is 1.09. The van der Waals surface area contributed by atoms with Gasteiger partial charge in [-0.3, -0.25) is 24.1 Å². The Labute approximate surface area is 165 Å². The number of carbonyl (C=O) groups excluding carboxylic acids is 4. The van der Waals surface area contributed by atoms with Crippen molar-refractivity contribution in [2.45, 2.75) is 65.6 Å². The van der Waals surface area contributed by atoms with Gasteiger partial charge >= 0.3 is 0 Å². The molecule has 0 saturated carbocycles. The number of hydrogen-bond donors (Lipinski definition) is 2. The van der Waals surface area contributed by atoms with E-state index in [1.54, 1.807) is 31.2 Å². The van der Waals surface area contributed by atoms with Crippen LogP contribution in [0, 0.1) is 5.92 Å². The number of amides is 4. The molecule has 0 aliphatic carbocycles. The molecule has 1 heterocycles. The van der Waals surface area contributed by atoms with Crippen LogP contribution in [0.3, 0.4) is 0 Å². The van der Waals surface area contributed by atoms with Gasteiger partial charge in [-0.1, -0.05) is 32.9 Å². The van der Waals surface area contributed by atoms with Crippen LogP contribution in [0.2, 0.25) is 0 Å². The summed E-state index contributed by atoms with van der Waals surface area (Å²) in [6, 6.07) is 4.80. The fourth-order valence-electron chi connectivity index (χ4n) is 3.11. The second kappa shape index (κ2) is 8.99. The second-order valence-electron chi connectivity index (χ2n) is 7.72. The van der Waals surface area contributed by atoms with E-state index in [1.807, 2.05) is 27.7 Å². The number of carbonyl (C=O) groups is 4. The van der Waals surface area contributed by atoms with E-state index >= 15 is 0 Å². The Morgan fingerprint density at radius 1 is 0.929 bits per heavy atom. The molecule has 0 saturated heterocycles. The monoisotopic (exact) mass is 387 g/mol. The van der Waals surface area contributed by atoms with Gasteiger partial charge in [0.25, 0.3) is 11.8 Å². The number of nitrogens with zero attached hydrogens (tertiary/aromatic N) is 1. The van der Waals surface area contributed by atoms with E-state index in [2.05, 4.69) is 10.6 Å². The molecule has 152 valence electrons. The Kier molecular flexibility index (Phi) is 6.94. The van der Waals surface area contributed by atoms with Gasteiger partial charge in [0.15, 0.2) is 0 Å². The predicted molar refractivity (Wildman–Crippen MR) is 106 cm³/mol. The Bertz CT molecular complexity index is 740. The van der Waals surface area contributed by atoms with Crippen LogP contribution in [0.4, 0.5) is 0 Å². The maximum absolute atomic E-state index is 12.9. The van der Waals surface area contributed by atoms with E-state index in [4.69, 9.17) is 0 Å². The zero-order chi connectivity index (χ0) is 21.0. The van der Waals surface area contributed by atoms with Crippen molar-refractivity contribution in [1.29, 1.82) is 0 Å². The maximum Gasteiger partial charge on any atom is 0.262 e. The lowest BCUT2D eigenvalue weighted by atomic mass is 10.0. The van der Waals surface area contributed by atoms with Crippen LogP contribution in [0.25, 0.3) is 0 Å². The number of hydrogen-bond acceptors (Lipinski definition) is 4. The van der Waals surface area contributed by atoms with Crippen LogP contribution >= 0.6 is 0 Å². The van der Waals surface area contributed by atoms with E-state index in [0.717, 1.165) is 11.3 Å². The first-order valence-electron chi connectivity index (χ1n) is 9.75. The minimum Gasteiger partial charge on any atom is -0.352 e. The summed E-state index contributed by atoms with van der Waals surface area (Å²) >= 11 is 0. The van der Waals surface area contributed by atoms with E-state index < -0.39 is 29.8 Å². The van der Waals surface area contributed by atoms with Gasteiger partial charge in [-0.15, -0.1) is 0 Å². The third kappa shape index (κ3) is 4.58. The molecule has 28 heavy (non-hydrogen) atoms. The van der Waals surface area contributed by atoms with Crippen molar-refractivity contribution in [2.75, 3.05) is 0 Å². The van der Waals surface area contributed by atoms with Crippen molar-refractivity contribution in [3.63, 3.8) is 0 Å². The molecular formula is C21H29N3O4. The topological polar surface area (TPSA) is 95.6 Å². The molecule has 3 unspecified atom stereocenters. The standard InChI is InChI=1S/C21H29N3O4/c1-6-13(4)22-18(25)14(5)23-19(26)17(11-12(2)3)24-20(27)15-9-7-8-10-16(15)21(24)28/h7-10,12-14,17H,6,11H2,1-5H3,(H,22,25)(H,23,26). The van der Waals surface area contributed by atoms with Gasteiger partial charge < -0.3 is 10.6 Å². The molecule has 0 bridgehead atoms. The Morgan fingerprint density at radius 2 is 1.46 bits per heavy atom. The molecule has 1 aliphatic heterocycles. The SMILES string of the molecule is CCC(C)NC(=O)C(C)NC(=O)C(CC(C)C)N1C(=O)c2ccccc2C1=O. The van der Waals surface area contributed by atoms with Crippen molar-refractivity contribution < 1.29 is 19.2 Å². The Hall–Kier alpha value is -2.70. The van der Waals surface area contributed by atoms with Gasteiger partial charge in [-0.2, -0.15) is 0 Å². The zero-order valence-corrected chi connectivity index (χ0v) is 17.1. The third-order valence-electron chi connectivity index (χ3n) is 4.89. The van der Waals surface area contributed by atoms with Crippen molar-refractivity contribution in [2.24, 2.45) is 5.92 Å². The summed E-state index contributed by atoms with van der Waals surface area (Å²) in [4.78, 5) is 51.8. The summed E-state index contributed by atoms with van der Waals surface area (Å²) in [6.45, 7) is 9.25. The highest BCUT2D eigenvalue weighted by Crippen LogP contribution is 2.27. The highest BCUT2D eigenvalue weighted by atomic mass is 16.2. The molecule has 0 radical (unpaired) electrons. The maximum atomic E-state index is 12.9. The van der Waals surface area contributed by atoms with Gasteiger partial charge in [0.2, 0.25) is 11.8 Å². The average Bonchev–Trinajstić information content (AvgIpc) is 2.90. The summed E-state index contributed by atoms with van der Waals surface area (Å²) in [5.41, 5.74) is 0.605. The van der Waals surface area contributed by atoms with Gasteiger partial charge in [0.1, 0.15) is 12.1 Å². The molecule has 2 N–H and O–H groups in total. The first-order chi connectivity index (χ1) is 13.2. The summed E-state index contributed by atoms with van der Waals surface area (Å²) in [5, 5.41) is 5.48. The molecule has 1 aliphatic rings. The summed E-state index contributed by atoms with van der Waals surface area (Å²) in [5.74, 6) is -1.68. The van der Waals surface area contributed by atoms with Gasteiger partial charge in [0, 0.05) is 6.04 Å². The molecule has 0 spiro atoms. The molecule has 0 aromatic heterocycles. The van der Waals surface area contributed by atoms with Crippen molar-refractivity contribution in [1.82, 2.24) is 15.5 Å². The molecule has 3 atom stereocenters. The lowest BCUT2D eigenvalue weighted by molar-refractivity contribution is -0.131. The van der Waals surface area contributed by atoms with Crippen LogP contribution in [0.1, 0.15) is 68.2 Å². The number of rotatable bonds is 8. The third-order valence-corrected chi connectivity index (χ3v) is 4.89. The summed E-state index contributed by atoms with van der Waals surface area (Å²) < 4.78 is 0. The lowest BCUT2D eigenvalue weighted by Crippen LogP contribution is -2.55. The largest absolute Gasteiger partial charge is 0.352 e. The lowest BCUT2D eigenvalue weighted by Gasteiger charge is -2.28. The molecular weight excluding hydrogens is 358 g/mol. The quantitative estimate of drug-likeness (QED) is 0.668. The van der Waals surface area contributed by atoms with Gasteiger partial charge in [-0.05, 0) is 44.7 Å². The second-order valence-corrected chi connectivity index (χ2v) is 7.72. The predicted octanol–water partition coefficient (Wildman–Crippen LogP) is 2.12. The first-order valence-corrected chi connectivity index (χ1v) is 9.75. The summed E-state index contributed by atoms with van der Waals surface area (Å²) in [7, 11) is 0. The number of imide groups is 1. The molecule has 7 heteroatoms. The Balaban J connectivity index is 2.20. The average molecular weight is 387 g/mol. The van der Waals surface area contributed by atoms with Crippen LogP contribution in [0.15, 0.2) is 24.3 Å². The number of benzene rings is 1. The molecule has 1 aromatic carbocycles. The minimum atomic E-state index is -0.966. The fraction of sp³-hybridized carbons (Fsp3) is 0.524. The first kappa shape index (κ1) is 21.6. The van der Waals surface area contributed by atoms with E-state index in [1.165, 1.54) is 0 Å². The van der Waals surface area contributed by atoms with E-state index in [-0.39, 0.29) is 17.9 Å². The smallest absolute Gasteiger partial charge is 0.262 e. The van der Waals surface area contributed by atoms with Crippen molar-refractivity contribution in [3.05, 3.63) is 35.4 Å². The zero-order valence-electron chi connectivity index (χ0n) is 17.1. The number of fused-ring (bicyclic) bond motifs is 1. The minimum absolute atomic E-state index is 0.00505. The van der Waals surface area contributed by atoms with E-state index in [0.29, 0.717) is 17.5 Å². The van der Waals surface area contributed by atoms with Crippen LogP contribution in [-0.2, 0) is 9.59 Å². The molecule has 4 amide bonds. The molecule has 1 aromatic rings. The molecule has 7 nitrogen and oxygen atoms in total. The molecule has 2 rings (SSSR count). The number of nitrogens with one attached hydrogen (secondary N) is 2. The van der Waals surface area contributed by atoms with Gasteiger partial charge in [-0.25, -0.2) is 0 Å². The molecule has 0 fully saturated rings.